The Hall–Kier alpha value is -1.22. The summed E-state index contributed by atoms with van der Waals surface area (Å²) in [5.74, 6) is 0.250. The van der Waals surface area contributed by atoms with Crippen LogP contribution in [0, 0.1) is 29.9 Å². The zero-order valence-electron chi connectivity index (χ0n) is 14.6. The first-order chi connectivity index (χ1) is 10.4. The molecule has 7 nitrogen and oxygen atoms in total. The van der Waals surface area contributed by atoms with Gasteiger partial charge in [-0.2, -0.15) is 0 Å². The molecule has 0 saturated carbocycles. The maximum Gasteiger partial charge on any atom is 0.273 e. The summed E-state index contributed by atoms with van der Waals surface area (Å²) >= 11 is 0. The van der Waals surface area contributed by atoms with Crippen molar-refractivity contribution in [1.82, 2.24) is 4.72 Å². The summed E-state index contributed by atoms with van der Waals surface area (Å²) in [6, 6.07) is 2.62. The zero-order chi connectivity index (χ0) is 18.0. The molecule has 1 rings (SSSR count). The summed E-state index contributed by atoms with van der Waals surface area (Å²) in [4.78, 5) is 10.4. The van der Waals surface area contributed by atoms with E-state index in [0.29, 0.717) is 17.5 Å². The van der Waals surface area contributed by atoms with Gasteiger partial charge in [0.2, 0.25) is 10.0 Å². The minimum absolute atomic E-state index is 0. The van der Waals surface area contributed by atoms with Gasteiger partial charge in [0, 0.05) is 23.7 Å². The van der Waals surface area contributed by atoms with Gasteiger partial charge in [0.1, 0.15) is 0 Å². The molecule has 138 valence electrons. The third kappa shape index (κ3) is 5.41. The lowest BCUT2D eigenvalue weighted by molar-refractivity contribution is -0.385. The van der Waals surface area contributed by atoms with Gasteiger partial charge in [0.15, 0.2) is 0 Å². The Balaban J connectivity index is 0.00000529. The SMILES string of the molecule is Cc1cc(C)c(S(=O)(=O)NC(C)(CN)CC(C)C)cc1[N+](=O)[O-].Cl. The molecule has 0 spiro atoms. The number of halogens is 1. The van der Waals surface area contributed by atoms with Crippen LogP contribution in [0.3, 0.4) is 0 Å². The summed E-state index contributed by atoms with van der Waals surface area (Å²) < 4.78 is 28.0. The maximum atomic E-state index is 12.7. The fraction of sp³-hybridized carbons (Fsp3) is 0.600. The van der Waals surface area contributed by atoms with Gasteiger partial charge in [0.05, 0.1) is 9.82 Å². The highest BCUT2D eigenvalue weighted by atomic mass is 35.5. The van der Waals surface area contributed by atoms with Gasteiger partial charge in [-0.15, -0.1) is 12.4 Å². The monoisotopic (exact) mass is 379 g/mol. The summed E-state index contributed by atoms with van der Waals surface area (Å²) in [6.07, 6.45) is 0.565. The van der Waals surface area contributed by atoms with Crippen molar-refractivity contribution in [2.75, 3.05) is 6.54 Å². The first kappa shape index (κ1) is 22.8. The highest BCUT2D eigenvalue weighted by Crippen LogP contribution is 2.27. The average Bonchev–Trinajstić information content (AvgIpc) is 2.35. The number of nitrogens with two attached hydrogens (primary N) is 1. The van der Waals surface area contributed by atoms with E-state index < -0.39 is 20.5 Å². The van der Waals surface area contributed by atoms with Crippen LogP contribution in [-0.4, -0.2) is 25.4 Å². The summed E-state index contributed by atoms with van der Waals surface area (Å²) in [7, 11) is -3.91. The molecule has 0 aliphatic rings. The van der Waals surface area contributed by atoms with Crippen LogP contribution in [0.1, 0.15) is 38.3 Å². The molecule has 1 aromatic carbocycles. The highest BCUT2D eigenvalue weighted by molar-refractivity contribution is 7.89. The number of benzene rings is 1. The average molecular weight is 380 g/mol. The summed E-state index contributed by atoms with van der Waals surface area (Å²) in [5.41, 5.74) is 5.61. The molecule has 1 unspecified atom stereocenters. The Labute approximate surface area is 149 Å². The number of aryl methyl sites for hydroxylation is 2. The van der Waals surface area contributed by atoms with Gasteiger partial charge in [-0.05, 0) is 44.7 Å². The number of nitrogens with zero attached hydrogens (tertiary/aromatic N) is 1. The van der Waals surface area contributed by atoms with Gasteiger partial charge in [-0.3, -0.25) is 10.1 Å². The van der Waals surface area contributed by atoms with Crippen LogP contribution in [0.5, 0.6) is 0 Å². The third-order valence-corrected chi connectivity index (χ3v) is 5.45. The molecule has 1 atom stereocenters. The van der Waals surface area contributed by atoms with E-state index in [-0.39, 0.29) is 35.5 Å². The molecule has 0 radical (unpaired) electrons. The number of nitro groups is 1. The predicted octanol–water partition coefficient (Wildman–Crippen LogP) is 2.68. The minimum atomic E-state index is -3.91. The van der Waals surface area contributed by atoms with E-state index in [9.17, 15) is 18.5 Å². The molecule has 0 bridgehead atoms. The number of hydrogen-bond donors (Lipinski definition) is 2. The molecule has 0 amide bonds. The number of nitro benzene ring substituents is 1. The standard InChI is InChI=1S/C15H25N3O4S.ClH/c1-10(2)8-15(5,9-16)17-23(21,22)14-7-13(18(19)20)11(3)6-12(14)4;/h6-7,10,17H,8-9,16H2,1-5H3;1H. The second-order valence-electron chi connectivity index (χ2n) is 6.63. The van der Waals surface area contributed by atoms with Crippen molar-refractivity contribution in [2.24, 2.45) is 11.7 Å². The van der Waals surface area contributed by atoms with Crippen LogP contribution in [0.4, 0.5) is 5.69 Å². The van der Waals surface area contributed by atoms with Crippen LogP contribution in [-0.2, 0) is 10.0 Å². The molecule has 0 heterocycles. The molecule has 0 fully saturated rings. The van der Waals surface area contributed by atoms with Crippen molar-refractivity contribution in [2.45, 2.75) is 51.5 Å². The Morgan fingerprint density at radius 3 is 2.25 bits per heavy atom. The van der Waals surface area contributed by atoms with Gasteiger partial charge in [-0.1, -0.05) is 13.8 Å². The van der Waals surface area contributed by atoms with Gasteiger partial charge in [-0.25, -0.2) is 13.1 Å². The maximum absolute atomic E-state index is 12.7. The van der Waals surface area contributed by atoms with Crippen molar-refractivity contribution in [3.8, 4) is 0 Å². The van der Waals surface area contributed by atoms with Crippen molar-refractivity contribution in [3.05, 3.63) is 33.4 Å². The molecular weight excluding hydrogens is 354 g/mol. The van der Waals surface area contributed by atoms with E-state index in [1.54, 1.807) is 20.8 Å². The largest absolute Gasteiger partial charge is 0.329 e. The lowest BCUT2D eigenvalue weighted by atomic mass is 9.92. The third-order valence-electron chi connectivity index (χ3n) is 3.67. The van der Waals surface area contributed by atoms with Gasteiger partial charge >= 0.3 is 0 Å². The molecule has 24 heavy (non-hydrogen) atoms. The fourth-order valence-electron chi connectivity index (χ4n) is 2.75. The first-order valence-corrected chi connectivity index (χ1v) is 8.90. The van der Waals surface area contributed by atoms with E-state index in [2.05, 4.69) is 4.72 Å². The van der Waals surface area contributed by atoms with Crippen LogP contribution >= 0.6 is 12.4 Å². The van der Waals surface area contributed by atoms with Crippen LogP contribution in [0.2, 0.25) is 0 Å². The smallest absolute Gasteiger partial charge is 0.273 e. The molecule has 0 aromatic heterocycles. The molecule has 0 aliphatic heterocycles. The van der Waals surface area contributed by atoms with E-state index in [0.717, 1.165) is 6.07 Å². The van der Waals surface area contributed by atoms with E-state index in [1.807, 2.05) is 13.8 Å². The Morgan fingerprint density at radius 2 is 1.83 bits per heavy atom. The zero-order valence-corrected chi connectivity index (χ0v) is 16.3. The molecule has 1 aromatic rings. The lowest BCUT2D eigenvalue weighted by Gasteiger charge is -2.31. The topological polar surface area (TPSA) is 115 Å². The Morgan fingerprint density at radius 1 is 1.29 bits per heavy atom. The molecule has 9 heteroatoms. The number of nitrogens with one attached hydrogen (secondary N) is 1. The van der Waals surface area contributed by atoms with Gasteiger partial charge in [0.25, 0.3) is 5.69 Å². The summed E-state index contributed by atoms with van der Waals surface area (Å²) in [5, 5.41) is 11.1. The Kier molecular flexibility index (Phi) is 7.82. The van der Waals surface area contributed by atoms with Crippen molar-refractivity contribution < 1.29 is 13.3 Å². The fourth-order valence-corrected chi connectivity index (χ4v) is 4.43. The van der Waals surface area contributed by atoms with E-state index >= 15 is 0 Å². The van der Waals surface area contributed by atoms with Crippen molar-refractivity contribution >= 4 is 28.1 Å². The molecule has 0 aliphatic carbocycles. The van der Waals surface area contributed by atoms with Crippen LogP contribution in [0.15, 0.2) is 17.0 Å². The van der Waals surface area contributed by atoms with Gasteiger partial charge < -0.3 is 5.73 Å². The lowest BCUT2D eigenvalue weighted by Crippen LogP contribution is -2.52. The second-order valence-corrected chi connectivity index (χ2v) is 8.28. The summed E-state index contributed by atoms with van der Waals surface area (Å²) in [6.45, 7) is 9.03. The predicted molar refractivity (Wildman–Crippen MR) is 97.1 cm³/mol. The normalized spacial score (nSPS) is 14.1. The minimum Gasteiger partial charge on any atom is -0.329 e. The number of rotatable bonds is 7. The second kappa shape index (κ2) is 8.24. The molecule has 3 N–H and O–H groups in total. The van der Waals surface area contributed by atoms with E-state index in [4.69, 9.17) is 5.73 Å². The number of hydrogen-bond acceptors (Lipinski definition) is 5. The number of sulfonamides is 1. The first-order valence-electron chi connectivity index (χ1n) is 7.41. The highest BCUT2D eigenvalue weighted by Gasteiger charge is 2.32. The quantitative estimate of drug-likeness (QED) is 0.558. The Bertz CT molecular complexity index is 707. The molecular formula is C15H26ClN3O4S. The molecule has 0 saturated heterocycles. The van der Waals surface area contributed by atoms with Crippen molar-refractivity contribution in [3.63, 3.8) is 0 Å². The van der Waals surface area contributed by atoms with Crippen LogP contribution < -0.4 is 10.5 Å². The van der Waals surface area contributed by atoms with Crippen LogP contribution in [0.25, 0.3) is 0 Å². The van der Waals surface area contributed by atoms with Crippen molar-refractivity contribution in [1.29, 1.82) is 0 Å². The van der Waals surface area contributed by atoms with E-state index in [1.165, 1.54) is 6.07 Å².